The van der Waals surface area contributed by atoms with Crippen LogP contribution in [0.4, 0.5) is 0 Å². The molecular formula is C93H116Cl2N16O19S. The first-order valence-corrected chi connectivity index (χ1v) is 44.8. The van der Waals surface area contributed by atoms with Crippen molar-refractivity contribution in [1.82, 2.24) is 77.3 Å². The number of phenols is 2. The van der Waals surface area contributed by atoms with Crippen LogP contribution in [0, 0.1) is 11.8 Å². The number of phenolic OH excluding ortho intramolecular Hbond substituents is 2. The van der Waals surface area contributed by atoms with Gasteiger partial charge in [-0.3, -0.25) is 76.7 Å². The molecule has 0 bridgehead atoms. The minimum atomic E-state index is -1.92. The van der Waals surface area contributed by atoms with Crippen LogP contribution in [0.1, 0.15) is 100 Å². The molecule has 0 aliphatic carbocycles. The Hall–Kier alpha value is -13.1. The Morgan fingerprint density at radius 3 is 1.50 bits per heavy atom. The second-order valence-electron chi connectivity index (χ2n) is 33.4. The summed E-state index contributed by atoms with van der Waals surface area (Å²) in [4.78, 5) is 244. The summed E-state index contributed by atoms with van der Waals surface area (Å²) in [6, 6.07) is 22.5. The lowest BCUT2D eigenvalue weighted by Crippen LogP contribution is -2.61. The van der Waals surface area contributed by atoms with Gasteiger partial charge in [0.05, 0.1) is 31.8 Å². The van der Waals surface area contributed by atoms with E-state index in [0.717, 1.165) is 36.3 Å². The SMILES string of the molecule is CCCC[C@H]1C(=O)N(C)CC(=O)N[C@@H](CC(=O)O)C(=O)N[C@@H](C(C)C)C(=O)N(C)[C@@H](Cc2ccccc2)C(=O)N[C@@H](Cc2ccc(O)cc2)C(=O)N(C)CC(=O)N[C@@H](Cc2c[nH]c3ccccc23)C(=O)N[C@@H](Cc2ccc(O)cc2)C(=O)N[C@@H](CC(C)C)C(=O)N[C@H](C(=O)NCC(N)=O)CSCC(=O)N[C@@H](Cc2cc(Cl)cc(Cl)c2)C(=O)N(C)[C@@H](Cc2ccccc2)C(=O)N1C. The van der Waals surface area contributed by atoms with E-state index in [1.54, 1.807) is 119 Å². The Morgan fingerprint density at radius 1 is 0.481 bits per heavy atom. The monoisotopic (exact) mass is 1860 g/mol. The maximum atomic E-state index is 15.6. The van der Waals surface area contributed by atoms with Gasteiger partial charge in [-0.2, -0.15) is 0 Å². The molecule has 0 unspecified atom stereocenters. The smallest absolute Gasteiger partial charge is 0.305 e. The summed E-state index contributed by atoms with van der Waals surface area (Å²) in [5, 5.41) is 55.8. The second-order valence-corrected chi connectivity index (χ2v) is 35.3. The molecule has 38 heteroatoms. The van der Waals surface area contributed by atoms with E-state index < -0.39 is 205 Å². The molecule has 1 saturated heterocycles. The van der Waals surface area contributed by atoms with Crippen LogP contribution in [0.15, 0.2) is 158 Å². The number of aromatic amines is 1. The standard InChI is InChI=1S/C93H116Cl2N16O19S/c1-11-12-27-74-91(128)108(7)50-79(116)100-70(46-81(118)119)87(124)106-82(54(4)5)93(130)110(9)75(42-55-21-15-13-16-22-55)88(125)104-71(40-58-30-34-64(113)35-31-58)89(126)107(6)49-78(115)99-69(44-60-47-97-66-26-20-19-25-65(60)66)86(123)103-68(39-57-28-32-63(112)33-29-57)85(122)102-67(36-53(2)3)84(121)105-73(83(120)98-48-77(96)114)51-131-52-80(117)101-72(41-59-37-61(94)45-62(95)38-59)90(127)111(10)76(92(129)109(74)8)43-56-23-17-14-18-24-56/h13-26,28-35,37-38,45,47,53-54,67-76,82,97,112-113H,11-12,27,36,39-44,46,48-52H2,1-10H3,(H2,96,114)(H,98,120)(H,99,115)(H,100,116)(H,101,117)(H,102,122)(H,103,123)(H,104,125)(H,105,121)(H,106,124)(H,118,119)/t67-,68-,69-,70-,71-,72-,73-,74-,75-,76-,82-/m0/s1. The lowest BCUT2D eigenvalue weighted by molar-refractivity contribution is -0.151. The van der Waals surface area contributed by atoms with Gasteiger partial charge in [0.1, 0.15) is 78.0 Å². The number of nitrogens with one attached hydrogen (secondary N) is 10. The second kappa shape index (κ2) is 49.6. The van der Waals surface area contributed by atoms with Crippen LogP contribution in [0.5, 0.6) is 11.5 Å². The zero-order chi connectivity index (χ0) is 96.0. The third-order valence-corrected chi connectivity index (χ3v) is 23.6. The number of aromatic hydroxyl groups is 2. The molecule has 1 aliphatic rings. The lowest BCUT2D eigenvalue weighted by atomic mass is 9.98. The third-order valence-electron chi connectivity index (χ3n) is 22.1. The molecule has 1 aliphatic heterocycles. The quantitative estimate of drug-likeness (QED) is 0.0435. The molecule has 15 N–H and O–H groups in total. The molecule has 0 spiro atoms. The number of hydrogen-bond donors (Lipinski definition) is 14. The number of primary amides is 1. The van der Waals surface area contributed by atoms with Crippen LogP contribution in [0.25, 0.3) is 10.9 Å². The Labute approximate surface area is 773 Å². The molecule has 1 fully saturated rings. The van der Waals surface area contributed by atoms with Gasteiger partial charge in [0.2, 0.25) is 88.6 Å². The van der Waals surface area contributed by atoms with Crippen molar-refractivity contribution in [3.8, 4) is 11.5 Å². The van der Waals surface area contributed by atoms with Crippen molar-refractivity contribution in [2.75, 3.05) is 66.4 Å². The summed E-state index contributed by atoms with van der Waals surface area (Å²) in [6.45, 7) is 6.08. The topological polar surface area (TPSA) is 500 Å². The number of carbonyl (C=O) groups is 16. The fourth-order valence-corrected chi connectivity index (χ4v) is 16.5. The third kappa shape index (κ3) is 31.3. The van der Waals surface area contributed by atoms with Crippen molar-refractivity contribution in [2.24, 2.45) is 17.6 Å². The van der Waals surface area contributed by atoms with Crippen LogP contribution in [0.3, 0.4) is 0 Å². The first-order chi connectivity index (χ1) is 62.2. The fraction of sp³-hybridized carbons (Fsp3) is 0.419. The molecular weight excluding hydrogens is 1750 g/mol. The van der Waals surface area contributed by atoms with Gasteiger partial charge in [0, 0.05) is 107 Å². The minimum Gasteiger partial charge on any atom is -0.508 e. The van der Waals surface area contributed by atoms with Crippen molar-refractivity contribution < 1.29 is 92.0 Å². The first kappa shape index (κ1) is 103. The van der Waals surface area contributed by atoms with Crippen molar-refractivity contribution >= 4 is 140 Å². The zero-order valence-electron chi connectivity index (χ0n) is 74.7. The summed E-state index contributed by atoms with van der Waals surface area (Å²) in [5.41, 5.74) is 8.81. The van der Waals surface area contributed by atoms with Gasteiger partial charge in [-0.05, 0) is 107 Å². The number of hydrogen-bond acceptors (Lipinski definition) is 19. The van der Waals surface area contributed by atoms with Crippen molar-refractivity contribution in [3.05, 3.63) is 201 Å². The van der Waals surface area contributed by atoms with E-state index in [-0.39, 0.29) is 78.8 Å². The number of para-hydroxylation sites is 1. The maximum absolute atomic E-state index is 15.6. The number of carboxylic acid groups (broad SMARTS) is 1. The maximum Gasteiger partial charge on any atom is 0.305 e. The number of halogens is 2. The summed E-state index contributed by atoms with van der Waals surface area (Å²) >= 11 is 13.8. The number of benzene rings is 6. The van der Waals surface area contributed by atoms with E-state index in [9.17, 15) is 53.7 Å². The Bertz CT molecular complexity index is 5190. The molecule has 0 saturated carbocycles. The van der Waals surface area contributed by atoms with Crippen LogP contribution in [-0.4, -0.2) is 272 Å². The van der Waals surface area contributed by atoms with Gasteiger partial charge in [-0.1, -0.05) is 174 Å². The van der Waals surface area contributed by atoms with Crippen LogP contribution in [0.2, 0.25) is 10.0 Å². The van der Waals surface area contributed by atoms with E-state index in [1.807, 2.05) is 6.92 Å². The van der Waals surface area contributed by atoms with Gasteiger partial charge < -0.3 is 98.4 Å². The minimum absolute atomic E-state index is 0.00363. The lowest BCUT2D eigenvalue weighted by Gasteiger charge is -2.37. The molecule has 7 aromatic rings. The zero-order valence-corrected chi connectivity index (χ0v) is 77.0. The number of thioether (sulfide) groups is 1. The molecule has 8 rings (SSSR count). The van der Waals surface area contributed by atoms with Gasteiger partial charge in [-0.15, -0.1) is 11.8 Å². The highest BCUT2D eigenvalue weighted by atomic mass is 35.5. The van der Waals surface area contributed by atoms with E-state index >= 15 is 38.4 Å². The summed E-state index contributed by atoms with van der Waals surface area (Å²) in [6.07, 6.45) is -0.258. The summed E-state index contributed by atoms with van der Waals surface area (Å²) in [5.74, 6) is -17.9. The molecule has 1 aromatic heterocycles. The number of fused-ring (bicyclic) bond motifs is 1. The molecule has 702 valence electrons. The van der Waals surface area contributed by atoms with Crippen LogP contribution < -0.4 is 53.6 Å². The summed E-state index contributed by atoms with van der Waals surface area (Å²) in [7, 11) is 6.44. The van der Waals surface area contributed by atoms with Crippen LogP contribution in [-0.2, 0) is 115 Å². The highest BCUT2D eigenvalue weighted by Gasteiger charge is 2.42. The Morgan fingerprint density at radius 2 is 0.947 bits per heavy atom. The highest BCUT2D eigenvalue weighted by molar-refractivity contribution is 8.00. The van der Waals surface area contributed by atoms with E-state index in [2.05, 4.69) is 52.8 Å². The Kier molecular flexibility index (Phi) is 39.1. The molecule has 11 atom stereocenters. The predicted molar refractivity (Wildman–Crippen MR) is 492 cm³/mol. The van der Waals surface area contributed by atoms with E-state index in [4.69, 9.17) is 28.9 Å². The number of aliphatic carboxylic acids is 1. The number of carbonyl (C=O) groups excluding carboxylic acids is 15. The van der Waals surface area contributed by atoms with Gasteiger partial charge in [0.15, 0.2) is 0 Å². The van der Waals surface area contributed by atoms with Crippen molar-refractivity contribution in [1.29, 1.82) is 0 Å². The predicted octanol–water partition coefficient (Wildman–Crippen LogP) is 3.63. The fourth-order valence-electron chi connectivity index (χ4n) is 15.1. The van der Waals surface area contributed by atoms with Crippen molar-refractivity contribution in [2.45, 2.75) is 172 Å². The highest BCUT2D eigenvalue weighted by Crippen LogP contribution is 2.26. The number of nitrogens with zero attached hydrogens (tertiary/aromatic N) is 5. The molecule has 131 heavy (non-hydrogen) atoms. The van der Waals surface area contributed by atoms with Crippen molar-refractivity contribution in [3.63, 3.8) is 0 Å². The number of aromatic nitrogens is 1. The van der Waals surface area contributed by atoms with Gasteiger partial charge >= 0.3 is 5.97 Å². The number of nitrogens with two attached hydrogens (primary N) is 1. The van der Waals surface area contributed by atoms with Crippen LogP contribution >= 0.6 is 35.0 Å². The number of unbranched alkanes of at least 4 members (excludes halogenated alkanes) is 1. The number of carboxylic acids is 1. The van der Waals surface area contributed by atoms with Gasteiger partial charge in [0.25, 0.3) is 0 Å². The summed E-state index contributed by atoms with van der Waals surface area (Å²) < 4.78 is 0. The number of amides is 15. The number of rotatable bonds is 23. The number of likely N-dealkylation sites (N-methyl/N-ethyl adjacent to an activating group) is 5. The van der Waals surface area contributed by atoms with E-state index in [1.165, 1.54) is 102 Å². The molecule has 15 amide bonds. The molecule has 35 nitrogen and oxygen atoms in total. The average molecular weight is 1870 g/mol. The average Bonchev–Trinajstić information content (AvgIpc) is 1.41. The molecule has 0 radical (unpaired) electrons. The molecule has 2 heterocycles. The largest absolute Gasteiger partial charge is 0.508 e. The van der Waals surface area contributed by atoms with E-state index in [0.29, 0.717) is 57.1 Å². The number of H-pyrrole nitrogens is 1. The normalized spacial score (nSPS) is 21.8. The van der Waals surface area contributed by atoms with Gasteiger partial charge in [-0.25, -0.2) is 0 Å². The Balaban J connectivity index is 1.22. The molecule has 6 aromatic carbocycles. The first-order valence-electron chi connectivity index (χ1n) is 42.9.